The first-order chi connectivity index (χ1) is 11.6. The molecule has 25 heavy (non-hydrogen) atoms. The summed E-state index contributed by atoms with van der Waals surface area (Å²) < 4.78 is 42.1. The number of amides is 1. The van der Waals surface area contributed by atoms with E-state index in [0.29, 0.717) is 0 Å². The molecule has 0 aliphatic heterocycles. The molecule has 0 atom stereocenters. The van der Waals surface area contributed by atoms with E-state index in [-0.39, 0.29) is 29.9 Å². The number of rotatable bonds is 5. The van der Waals surface area contributed by atoms with Crippen LogP contribution in [0.5, 0.6) is 0 Å². The molecule has 0 saturated carbocycles. The highest BCUT2D eigenvalue weighted by molar-refractivity contribution is 5.94. The number of alkyl halides is 3. The lowest BCUT2D eigenvalue weighted by Gasteiger charge is -2.10. The standard InChI is InChI=1S/C14H15F3N4O4/c1-20-10-8(12(23)21(2)13(20)24)3-4-9(19-10)11(22)18-5-6-25-7-14(15,16)17/h3-4H,5-7H2,1-2H3,(H,18,22). The molecule has 2 aromatic rings. The van der Waals surface area contributed by atoms with Crippen molar-refractivity contribution in [1.29, 1.82) is 0 Å². The van der Waals surface area contributed by atoms with Gasteiger partial charge >= 0.3 is 11.9 Å². The van der Waals surface area contributed by atoms with E-state index in [1.807, 2.05) is 0 Å². The van der Waals surface area contributed by atoms with E-state index in [0.717, 1.165) is 9.13 Å². The first-order valence-corrected chi connectivity index (χ1v) is 7.11. The van der Waals surface area contributed by atoms with E-state index in [9.17, 15) is 27.6 Å². The van der Waals surface area contributed by atoms with Crippen LogP contribution in [-0.4, -0.2) is 46.0 Å². The summed E-state index contributed by atoms with van der Waals surface area (Å²) in [5.41, 5.74) is -1.18. The Morgan fingerprint density at radius 2 is 1.92 bits per heavy atom. The molecule has 136 valence electrons. The van der Waals surface area contributed by atoms with Gasteiger partial charge in [-0.3, -0.25) is 18.7 Å². The number of aryl methyl sites for hydroxylation is 1. The number of carbonyl (C=O) groups excluding carboxylic acids is 1. The van der Waals surface area contributed by atoms with Gasteiger partial charge in [-0.05, 0) is 12.1 Å². The van der Waals surface area contributed by atoms with E-state index in [1.165, 1.54) is 26.2 Å². The Hall–Kier alpha value is -2.69. The number of aromatic nitrogens is 3. The average Bonchev–Trinajstić information content (AvgIpc) is 2.56. The molecule has 8 nitrogen and oxygen atoms in total. The highest BCUT2D eigenvalue weighted by Gasteiger charge is 2.27. The van der Waals surface area contributed by atoms with Crippen molar-refractivity contribution in [2.45, 2.75) is 6.18 Å². The lowest BCUT2D eigenvalue weighted by Crippen LogP contribution is -2.37. The number of nitrogens with one attached hydrogen (secondary N) is 1. The summed E-state index contributed by atoms with van der Waals surface area (Å²) in [5.74, 6) is -0.661. The Labute approximate surface area is 138 Å². The summed E-state index contributed by atoms with van der Waals surface area (Å²) in [6, 6.07) is 2.65. The van der Waals surface area contributed by atoms with Crippen LogP contribution >= 0.6 is 0 Å². The Morgan fingerprint density at radius 1 is 1.24 bits per heavy atom. The molecular formula is C14H15F3N4O4. The molecule has 0 radical (unpaired) electrons. The second-order valence-corrected chi connectivity index (χ2v) is 5.20. The smallest absolute Gasteiger partial charge is 0.370 e. The van der Waals surface area contributed by atoms with Gasteiger partial charge in [0.1, 0.15) is 17.9 Å². The Balaban J connectivity index is 2.12. The predicted molar refractivity (Wildman–Crippen MR) is 81.4 cm³/mol. The van der Waals surface area contributed by atoms with Crippen molar-refractivity contribution in [2.75, 3.05) is 19.8 Å². The summed E-state index contributed by atoms with van der Waals surface area (Å²) in [6.07, 6.45) is -4.43. The molecule has 2 aromatic heterocycles. The third-order valence-electron chi connectivity index (χ3n) is 3.33. The molecule has 0 fully saturated rings. The van der Waals surface area contributed by atoms with Crippen LogP contribution in [0.3, 0.4) is 0 Å². The highest BCUT2D eigenvalue weighted by Crippen LogP contribution is 2.14. The molecule has 0 aromatic carbocycles. The lowest BCUT2D eigenvalue weighted by atomic mass is 10.2. The highest BCUT2D eigenvalue weighted by atomic mass is 19.4. The van der Waals surface area contributed by atoms with Crippen LogP contribution in [0.2, 0.25) is 0 Å². The minimum atomic E-state index is -4.43. The van der Waals surface area contributed by atoms with Gasteiger partial charge in [0, 0.05) is 20.6 Å². The van der Waals surface area contributed by atoms with Gasteiger partial charge < -0.3 is 10.1 Å². The quantitative estimate of drug-likeness (QED) is 0.754. The Bertz CT molecular complexity index is 917. The Kier molecular flexibility index (Phi) is 5.26. The molecular weight excluding hydrogens is 345 g/mol. The van der Waals surface area contributed by atoms with Gasteiger partial charge in [-0.15, -0.1) is 0 Å². The van der Waals surface area contributed by atoms with Gasteiger partial charge in [0.2, 0.25) is 0 Å². The first-order valence-electron chi connectivity index (χ1n) is 7.11. The molecule has 0 bridgehead atoms. The van der Waals surface area contributed by atoms with Gasteiger partial charge in [0.05, 0.1) is 12.0 Å². The SMILES string of the molecule is Cn1c(=O)c2ccc(C(=O)NCCOCC(F)(F)F)nc2n(C)c1=O. The van der Waals surface area contributed by atoms with Crippen LogP contribution in [0.25, 0.3) is 11.0 Å². The molecule has 11 heteroatoms. The van der Waals surface area contributed by atoms with Gasteiger partial charge in [0.15, 0.2) is 0 Å². The van der Waals surface area contributed by atoms with Crippen LogP contribution in [-0.2, 0) is 18.8 Å². The van der Waals surface area contributed by atoms with E-state index >= 15 is 0 Å². The molecule has 0 spiro atoms. The number of hydrogen-bond acceptors (Lipinski definition) is 5. The van der Waals surface area contributed by atoms with E-state index < -0.39 is 29.9 Å². The fourth-order valence-corrected chi connectivity index (χ4v) is 2.10. The van der Waals surface area contributed by atoms with Crippen LogP contribution < -0.4 is 16.6 Å². The first kappa shape index (κ1) is 18.6. The zero-order chi connectivity index (χ0) is 18.8. The van der Waals surface area contributed by atoms with Crippen molar-refractivity contribution in [2.24, 2.45) is 14.1 Å². The predicted octanol–water partition coefficient (Wildman–Crippen LogP) is -0.0591. The molecule has 2 heterocycles. The van der Waals surface area contributed by atoms with Gasteiger partial charge in [-0.25, -0.2) is 9.78 Å². The molecule has 0 aliphatic carbocycles. The number of pyridine rings is 1. The van der Waals surface area contributed by atoms with Crippen molar-refractivity contribution < 1.29 is 22.7 Å². The average molecular weight is 360 g/mol. The zero-order valence-electron chi connectivity index (χ0n) is 13.4. The molecule has 1 amide bonds. The molecule has 1 N–H and O–H groups in total. The maximum absolute atomic E-state index is 12.0. The van der Waals surface area contributed by atoms with Gasteiger partial charge in [-0.2, -0.15) is 13.2 Å². The number of fused-ring (bicyclic) bond motifs is 1. The van der Waals surface area contributed by atoms with Crippen LogP contribution in [0.15, 0.2) is 21.7 Å². The third kappa shape index (κ3) is 4.24. The fraction of sp³-hybridized carbons (Fsp3) is 0.429. The Morgan fingerprint density at radius 3 is 2.56 bits per heavy atom. The van der Waals surface area contributed by atoms with Crippen molar-refractivity contribution in [3.8, 4) is 0 Å². The van der Waals surface area contributed by atoms with E-state index in [2.05, 4.69) is 15.0 Å². The largest absolute Gasteiger partial charge is 0.411 e. The van der Waals surface area contributed by atoms with Gasteiger partial charge in [0.25, 0.3) is 11.5 Å². The lowest BCUT2D eigenvalue weighted by molar-refractivity contribution is -0.173. The topological polar surface area (TPSA) is 95.2 Å². The maximum atomic E-state index is 12.0. The van der Waals surface area contributed by atoms with Crippen molar-refractivity contribution >= 4 is 16.9 Å². The van der Waals surface area contributed by atoms with Crippen LogP contribution in [0.4, 0.5) is 13.2 Å². The summed E-state index contributed by atoms with van der Waals surface area (Å²) >= 11 is 0. The fourth-order valence-electron chi connectivity index (χ4n) is 2.10. The van der Waals surface area contributed by atoms with E-state index in [4.69, 9.17) is 0 Å². The summed E-state index contributed by atoms with van der Waals surface area (Å²) in [4.78, 5) is 39.9. The number of hydrogen-bond donors (Lipinski definition) is 1. The summed E-state index contributed by atoms with van der Waals surface area (Å²) in [5, 5.41) is 2.51. The molecule has 0 unspecified atom stereocenters. The van der Waals surface area contributed by atoms with Gasteiger partial charge in [-0.1, -0.05) is 0 Å². The summed E-state index contributed by atoms with van der Waals surface area (Å²) in [7, 11) is 2.73. The minimum Gasteiger partial charge on any atom is -0.370 e. The number of halogens is 3. The second-order valence-electron chi connectivity index (χ2n) is 5.20. The summed E-state index contributed by atoms with van der Waals surface area (Å²) in [6.45, 7) is -1.87. The van der Waals surface area contributed by atoms with Crippen molar-refractivity contribution in [3.05, 3.63) is 38.7 Å². The minimum absolute atomic E-state index is 0.0362. The maximum Gasteiger partial charge on any atom is 0.411 e. The zero-order valence-corrected chi connectivity index (χ0v) is 13.4. The number of ether oxygens (including phenoxy) is 1. The van der Waals surface area contributed by atoms with E-state index in [1.54, 1.807) is 0 Å². The third-order valence-corrected chi connectivity index (χ3v) is 3.33. The van der Waals surface area contributed by atoms with Crippen molar-refractivity contribution in [3.63, 3.8) is 0 Å². The number of carbonyl (C=O) groups is 1. The van der Waals surface area contributed by atoms with Crippen LogP contribution in [0, 0.1) is 0 Å². The second kappa shape index (κ2) is 7.05. The molecule has 2 rings (SSSR count). The molecule has 0 saturated heterocycles. The van der Waals surface area contributed by atoms with Crippen LogP contribution in [0.1, 0.15) is 10.5 Å². The number of nitrogens with zero attached hydrogens (tertiary/aromatic N) is 3. The molecule has 0 aliphatic rings. The van der Waals surface area contributed by atoms with Crippen molar-refractivity contribution in [1.82, 2.24) is 19.4 Å². The normalized spacial score (nSPS) is 11.7. The monoisotopic (exact) mass is 360 g/mol.